The van der Waals surface area contributed by atoms with E-state index in [1.165, 1.54) is 0 Å². The molecule has 0 radical (unpaired) electrons. The van der Waals surface area contributed by atoms with Crippen LogP contribution in [0.2, 0.25) is 0 Å². The monoisotopic (exact) mass is 632 g/mol. The Morgan fingerprint density at radius 2 is 1.00 bits per heavy atom. The molecule has 0 bridgehead atoms. The predicted molar refractivity (Wildman–Crippen MR) is 161 cm³/mol. The van der Waals surface area contributed by atoms with Crippen LogP contribution in [-0.2, 0) is 19.1 Å². The van der Waals surface area contributed by atoms with Crippen LogP contribution in [0.15, 0.2) is 44.8 Å². The topological polar surface area (TPSA) is 154 Å². The van der Waals surface area contributed by atoms with E-state index in [2.05, 4.69) is 12.1 Å². The number of ether oxygens (including phenoxy) is 2. The Morgan fingerprint density at radius 1 is 0.630 bits per heavy atom. The van der Waals surface area contributed by atoms with E-state index < -0.39 is 24.3 Å². The zero-order valence-electron chi connectivity index (χ0n) is 26.0. The first-order chi connectivity index (χ1) is 22.3. The highest BCUT2D eigenvalue weighted by Gasteiger charge is 2.34. The van der Waals surface area contributed by atoms with E-state index in [4.69, 9.17) is 9.47 Å². The molecule has 242 valence electrons. The summed E-state index contributed by atoms with van der Waals surface area (Å²) in [5.74, 6) is -1.77. The maximum Gasteiger partial charge on any atom is 0.349 e. The van der Waals surface area contributed by atoms with Crippen molar-refractivity contribution in [2.45, 2.75) is 89.4 Å². The zero-order chi connectivity index (χ0) is 33.1. The lowest BCUT2D eigenvalue weighted by molar-refractivity contribution is -0.140. The minimum atomic E-state index is -1.30. The van der Waals surface area contributed by atoms with Crippen molar-refractivity contribution in [1.82, 2.24) is 9.80 Å². The first-order valence-electron chi connectivity index (χ1n) is 16.0. The summed E-state index contributed by atoms with van der Waals surface area (Å²) in [5.41, 5.74) is 0.989. The van der Waals surface area contributed by atoms with Crippen molar-refractivity contribution in [3.05, 3.63) is 44.8 Å². The molecule has 0 aromatic carbocycles. The fourth-order valence-electron chi connectivity index (χ4n) is 6.53. The van der Waals surface area contributed by atoms with Gasteiger partial charge in [-0.3, -0.25) is 0 Å². The van der Waals surface area contributed by atoms with Gasteiger partial charge in [-0.05, 0) is 62.5 Å². The second kappa shape index (κ2) is 16.6. The minimum Gasteiger partial charge on any atom is -0.462 e. The van der Waals surface area contributed by atoms with Crippen LogP contribution in [0.4, 0.5) is 8.78 Å². The highest BCUT2D eigenvalue weighted by atomic mass is 19.1. The van der Waals surface area contributed by atoms with Crippen LogP contribution in [0.3, 0.4) is 0 Å². The molecule has 0 N–H and O–H groups in total. The van der Waals surface area contributed by atoms with Crippen LogP contribution < -0.4 is 0 Å². The quantitative estimate of drug-likeness (QED) is 0.127. The van der Waals surface area contributed by atoms with Crippen molar-refractivity contribution < 1.29 is 27.8 Å². The van der Waals surface area contributed by atoms with Crippen molar-refractivity contribution >= 4 is 11.9 Å². The fraction of sp³-hybridized carbons (Fsp3) is 0.588. The number of unbranched alkanes of at least 4 members (excludes halogenated alkanes) is 3. The standard InChI is InChI=1S/C34H38F2N6O4/c35-23-15-25(27(19-37)31(17-23)41-9-3-4-10-41)29(21-39)33(43)45-13-7-1-2-8-14-46-34(44)30(22-40)26-16-24(36)18-32(28(26)20-38)42-11-5-6-12-42/h23-24H,1-18H2/b29-25+,30-26+. The average Bonchev–Trinajstić information content (AvgIpc) is 3.78. The van der Waals surface area contributed by atoms with Gasteiger partial charge in [0.1, 0.15) is 47.8 Å². The van der Waals surface area contributed by atoms with Crippen LogP contribution in [0.25, 0.3) is 0 Å². The molecule has 0 amide bonds. The Kier molecular flexibility index (Phi) is 12.3. The molecule has 2 atom stereocenters. The fourth-order valence-corrected chi connectivity index (χ4v) is 6.53. The van der Waals surface area contributed by atoms with Gasteiger partial charge in [-0.2, -0.15) is 21.0 Å². The van der Waals surface area contributed by atoms with E-state index in [0.717, 1.165) is 25.7 Å². The van der Waals surface area contributed by atoms with E-state index in [0.29, 0.717) is 63.3 Å². The van der Waals surface area contributed by atoms with Gasteiger partial charge in [-0.1, -0.05) is 0 Å². The number of carbonyl (C=O) groups is 2. The molecule has 0 aromatic heterocycles. The predicted octanol–water partition coefficient (Wildman–Crippen LogP) is 5.28. The summed E-state index contributed by atoms with van der Waals surface area (Å²) in [7, 11) is 0. The molecule has 10 nitrogen and oxygen atoms in total. The van der Waals surface area contributed by atoms with Crippen molar-refractivity contribution in [1.29, 1.82) is 21.0 Å². The number of nitrogens with zero attached hydrogens (tertiary/aromatic N) is 6. The maximum atomic E-state index is 14.6. The smallest absolute Gasteiger partial charge is 0.349 e. The Balaban J connectivity index is 1.26. The van der Waals surface area contributed by atoms with Gasteiger partial charge in [0.05, 0.1) is 24.4 Å². The number of nitriles is 4. The molecular weight excluding hydrogens is 594 g/mol. The molecule has 0 aromatic rings. The third-order valence-electron chi connectivity index (χ3n) is 8.80. The number of carbonyl (C=O) groups excluding carboxylic acids is 2. The Hall–Kier alpha value is -4.68. The van der Waals surface area contributed by atoms with Crippen molar-refractivity contribution in [2.24, 2.45) is 0 Å². The molecular formula is C34H38F2N6O4. The number of likely N-dealkylation sites (tertiary alicyclic amines) is 2. The van der Waals surface area contributed by atoms with E-state index >= 15 is 0 Å². The minimum absolute atomic E-state index is 0.0123. The summed E-state index contributed by atoms with van der Waals surface area (Å²) in [4.78, 5) is 29.4. The number of esters is 2. The third-order valence-corrected chi connectivity index (χ3v) is 8.80. The second-order valence-electron chi connectivity index (χ2n) is 11.9. The Morgan fingerprint density at radius 3 is 1.33 bits per heavy atom. The maximum absolute atomic E-state index is 14.6. The number of alkyl halides is 2. The summed E-state index contributed by atoms with van der Waals surface area (Å²) < 4.78 is 39.9. The summed E-state index contributed by atoms with van der Waals surface area (Å²) in [6.45, 7) is 2.87. The second-order valence-corrected chi connectivity index (χ2v) is 11.9. The Bertz CT molecular complexity index is 1380. The molecule has 0 saturated carbocycles. The molecule has 0 spiro atoms. The van der Waals surface area contributed by atoms with Crippen LogP contribution >= 0.6 is 0 Å². The lowest BCUT2D eigenvalue weighted by atomic mass is 9.86. The largest absolute Gasteiger partial charge is 0.462 e. The van der Waals surface area contributed by atoms with Gasteiger partial charge in [0.25, 0.3) is 0 Å². The average molecular weight is 633 g/mol. The van der Waals surface area contributed by atoms with E-state index in [1.54, 1.807) is 0 Å². The van der Waals surface area contributed by atoms with Crippen molar-refractivity contribution in [3.8, 4) is 24.3 Å². The van der Waals surface area contributed by atoms with Gasteiger partial charge < -0.3 is 19.3 Å². The molecule has 2 fully saturated rings. The molecule has 12 heteroatoms. The molecule has 2 heterocycles. The van der Waals surface area contributed by atoms with E-state index in [-0.39, 0.29) is 72.3 Å². The molecule has 46 heavy (non-hydrogen) atoms. The summed E-state index contributed by atoms with van der Waals surface area (Å²) in [6, 6.07) is 7.83. The highest BCUT2D eigenvalue weighted by Crippen LogP contribution is 2.38. The summed E-state index contributed by atoms with van der Waals surface area (Å²) in [5, 5.41) is 39.1. The van der Waals surface area contributed by atoms with Crippen LogP contribution in [0, 0.1) is 45.3 Å². The number of allylic oxidation sites excluding steroid dienone is 6. The number of rotatable bonds is 11. The summed E-state index contributed by atoms with van der Waals surface area (Å²) >= 11 is 0. The first kappa shape index (κ1) is 34.2. The zero-order valence-corrected chi connectivity index (χ0v) is 26.0. The van der Waals surface area contributed by atoms with Crippen LogP contribution in [0.5, 0.6) is 0 Å². The normalized spacial score (nSPS) is 23.7. The van der Waals surface area contributed by atoms with Crippen molar-refractivity contribution in [2.75, 3.05) is 39.4 Å². The highest BCUT2D eigenvalue weighted by molar-refractivity contribution is 5.95. The molecule has 4 rings (SSSR count). The molecule has 2 saturated heterocycles. The van der Waals surface area contributed by atoms with Gasteiger partial charge in [0, 0.05) is 63.3 Å². The molecule has 2 unspecified atom stereocenters. The van der Waals surface area contributed by atoms with E-state index in [1.807, 2.05) is 21.9 Å². The lowest BCUT2D eigenvalue weighted by Crippen LogP contribution is -2.27. The van der Waals surface area contributed by atoms with Gasteiger partial charge in [-0.25, -0.2) is 18.4 Å². The van der Waals surface area contributed by atoms with Crippen LogP contribution in [0.1, 0.15) is 77.0 Å². The first-order valence-corrected chi connectivity index (χ1v) is 16.0. The molecule has 4 aliphatic rings. The van der Waals surface area contributed by atoms with Gasteiger partial charge in [0.2, 0.25) is 0 Å². The van der Waals surface area contributed by atoms with Crippen LogP contribution in [-0.4, -0.2) is 73.5 Å². The van der Waals surface area contributed by atoms with Gasteiger partial charge in [-0.15, -0.1) is 0 Å². The molecule has 2 aliphatic heterocycles. The number of hydrogen-bond donors (Lipinski definition) is 0. The lowest BCUT2D eigenvalue weighted by Gasteiger charge is -2.29. The Labute approximate surface area is 268 Å². The molecule has 2 aliphatic carbocycles. The third kappa shape index (κ3) is 8.12. The van der Waals surface area contributed by atoms with Crippen molar-refractivity contribution in [3.63, 3.8) is 0 Å². The SMILES string of the molecule is N#CC1=C(N2CCCC2)CC(F)C/C1=C(/C#N)C(=O)OCCCCCCOC(=O)/C(C#N)=C1\CC(F)CC(N2CCCC2)=C1C#N. The number of halogens is 2. The van der Waals surface area contributed by atoms with Gasteiger partial charge in [0.15, 0.2) is 0 Å². The summed E-state index contributed by atoms with van der Waals surface area (Å²) in [6.07, 6.45) is 3.07. The van der Waals surface area contributed by atoms with Gasteiger partial charge >= 0.3 is 11.9 Å². The van der Waals surface area contributed by atoms with E-state index in [9.17, 15) is 39.4 Å². The number of hydrogen-bond acceptors (Lipinski definition) is 10.